The number of carbonyl (C=O) groups excluding carboxylic acids is 1. The molecule has 0 aliphatic carbocycles. The highest BCUT2D eigenvalue weighted by Crippen LogP contribution is 2.10. The van der Waals surface area contributed by atoms with Crippen molar-refractivity contribution in [3.8, 4) is 0 Å². The van der Waals surface area contributed by atoms with Crippen molar-refractivity contribution >= 4 is 5.91 Å². The van der Waals surface area contributed by atoms with Crippen LogP contribution in [0.5, 0.6) is 0 Å². The summed E-state index contributed by atoms with van der Waals surface area (Å²) >= 11 is 0. The van der Waals surface area contributed by atoms with Crippen LogP contribution in [-0.4, -0.2) is 42.5 Å². The van der Waals surface area contributed by atoms with Crippen LogP contribution in [0.1, 0.15) is 47.0 Å². The van der Waals surface area contributed by atoms with E-state index < -0.39 is 5.54 Å². The molecule has 0 fully saturated rings. The molecular weight excluding hydrogens is 214 g/mol. The monoisotopic (exact) mass is 243 g/mol. The van der Waals surface area contributed by atoms with Gasteiger partial charge in [0, 0.05) is 6.54 Å². The number of primary amides is 1. The van der Waals surface area contributed by atoms with Crippen LogP contribution in [0.15, 0.2) is 0 Å². The molecule has 1 amide bonds. The van der Waals surface area contributed by atoms with Gasteiger partial charge >= 0.3 is 0 Å². The molecule has 3 N–H and O–H groups in total. The zero-order valence-corrected chi connectivity index (χ0v) is 11.9. The summed E-state index contributed by atoms with van der Waals surface area (Å²) in [5.74, 6) is -0.251. The molecule has 0 bridgehead atoms. The second-order valence-electron chi connectivity index (χ2n) is 4.81. The van der Waals surface area contributed by atoms with Gasteiger partial charge in [0.15, 0.2) is 0 Å². The number of nitrogens with one attached hydrogen (secondary N) is 1. The highest BCUT2D eigenvalue weighted by Gasteiger charge is 2.30. The van der Waals surface area contributed by atoms with Crippen molar-refractivity contribution in [2.45, 2.75) is 52.5 Å². The van der Waals surface area contributed by atoms with E-state index >= 15 is 0 Å². The van der Waals surface area contributed by atoms with Crippen molar-refractivity contribution in [2.24, 2.45) is 5.73 Å². The SMILES string of the molecule is CCCNC(C)(CCN(CC)CCC)C(N)=O. The van der Waals surface area contributed by atoms with Crippen molar-refractivity contribution < 1.29 is 4.79 Å². The van der Waals surface area contributed by atoms with E-state index in [1.54, 1.807) is 0 Å². The smallest absolute Gasteiger partial charge is 0.237 e. The standard InChI is InChI=1S/C13H29N3O/c1-5-9-15-13(4,12(14)17)8-11-16(7-3)10-6-2/h15H,5-11H2,1-4H3,(H2,14,17). The molecule has 1 unspecified atom stereocenters. The number of amides is 1. The van der Waals surface area contributed by atoms with Gasteiger partial charge in [0.05, 0.1) is 5.54 Å². The third-order valence-corrected chi connectivity index (χ3v) is 3.22. The first-order chi connectivity index (χ1) is 8.00. The van der Waals surface area contributed by atoms with Gasteiger partial charge in [-0.05, 0) is 45.8 Å². The fourth-order valence-corrected chi connectivity index (χ4v) is 1.83. The molecule has 0 aromatic rings. The first kappa shape index (κ1) is 16.4. The molecule has 0 aromatic carbocycles. The molecule has 4 heteroatoms. The van der Waals surface area contributed by atoms with Crippen molar-refractivity contribution in [3.63, 3.8) is 0 Å². The maximum Gasteiger partial charge on any atom is 0.237 e. The van der Waals surface area contributed by atoms with Crippen molar-refractivity contribution in [2.75, 3.05) is 26.2 Å². The van der Waals surface area contributed by atoms with E-state index in [-0.39, 0.29) is 5.91 Å². The van der Waals surface area contributed by atoms with Gasteiger partial charge in [-0.2, -0.15) is 0 Å². The van der Waals surface area contributed by atoms with Gasteiger partial charge in [0.2, 0.25) is 5.91 Å². The number of carbonyl (C=O) groups is 1. The van der Waals surface area contributed by atoms with Crippen LogP contribution >= 0.6 is 0 Å². The molecule has 0 heterocycles. The molecule has 0 saturated heterocycles. The van der Waals surface area contributed by atoms with Gasteiger partial charge < -0.3 is 16.0 Å². The molecule has 1 atom stereocenters. The topological polar surface area (TPSA) is 58.4 Å². The van der Waals surface area contributed by atoms with Crippen molar-refractivity contribution in [3.05, 3.63) is 0 Å². The summed E-state index contributed by atoms with van der Waals surface area (Å²) < 4.78 is 0. The largest absolute Gasteiger partial charge is 0.368 e. The van der Waals surface area contributed by atoms with Crippen LogP contribution in [-0.2, 0) is 4.79 Å². The van der Waals surface area contributed by atoms with Gasteiger partial charge in [-0.25, -0.2) is 0 Å². The fourth-order valence-electron chi connectivity index (χ4n) is 1.83. The third-order valence-electron chi connectivity index (χ3n) is 3.22. The Hall–Kier alpha value is -0.610. The molecule has 0 saturated carbocycles. The van der Waals surface area contributed by atoms with E-state index in [4.69, 9.17) is 5.73 Å². The summed E-state index contributed by atoms with van der Waals surface area (Å²) in [6, 6.07) is 0. The first-order valence-corrected chi connectivity index (χ1v) is 6.77. The van der Waals surface area contributed by atoms with Crippen LogP contribution in [0.25, 0.3) is 0 Å². The Kier molecular flexibility index (Phi) is 8.17. The van der Waals surface area contributed by atoms with E-state index in [0.29, 0.717) is 0 Å². The Morgan fingerprint density at radius 2 is 1.88 bits per heavy atom. The van der Waals surface area contributed by atoms with Gasteiger partial charge in [-0.15, -0.1) is 0 Å². The maximum absolute atomic E-state index is 11.5. The van der Waals surface area contributed by atoms with E-state index in [2.05, 4.69) is 31.0 Å². The summed E-state index contributed by atoms with van der Waals surface area (Å²) in [6.45, 7) is 12.2. The molecule has 102 valence electrons. The van der Waals surface area contributed by atoms with Gasteiger partial charge in [-0.3, -0.25) is 4.79 Å². The average molecular weight is 243 g/mol. The second-order valence-corrected chi connectivity index (χ2v) is 4.81. The Labute approximate surface area is 106 Å². The Morgan fingerprint density at radius 1 is 1.24 bits per heavy atom. The van der Waals surface area contributed by atoms with Crippen LogP contribution < -0.4 is 11.1 Å². The highest BCUT2D eigenvalue weighted by molar-refractivity contribution is 5.84. The summed E-state index contributed by atoms with van der Waals surface area (Å²) in [5.41, 5.74) is 4.92. The minimum absolute atomic E-state index is 0.251. The Bertz CT molecular complexity index is 221. The molecule has 0 aromatic heterocycles. The molecule has 4 nitrogen and oxygen atoms in total. The van der Waals surface area contributed by atoms with E-state index in [0.717, 1.165) is 45.4 Å². The lowest BCUT2D eigenvalue weighted by Gasteiger charge is -2.30. The molecule has 0 spiro atoms. The normalized spacial score (nSPS) is 14.9. The minimum atomic E-state index is -0.572. The molecule has 0 aliphatic heterocycles. The van der Waals surface area contributed by atoms with Crippen LogP contribution in [0.4, 0.5) is 0 Å². The Balaban J connectivity index is 4.28. The lowest BCUT2D eigenvalue weighted by molar-refractivity contribution is -0.124. The fraction of sp³-hybridized carbons (Fsp3) is 0.923. The van der Waals surface area contributed by atoms with Gasteiger partial charge in [0.25, 0.3) is 0 Å². The quantitative estimate of drug-likeness (QED) is 0.609. The molecular formula is C13H29N3O. The number of hydrogen-bond donors (Lipinski definition) is 2. The summed E-state index contributed by atoms with van der Waals surface area (Å²) in [4.78, 5) is 13.9. The zero-order chi connectivity index (χ0) is 13.3. The van der Waals surface area contributed by atoms with Crippen molar-refractivity contribution in [1.82, 2.24) is 10.2 Å². The maximum atomic E-state index is 11.5. The Morgan fingerprint density at radius 3 is 2.29 bits per heavy atom. The van der Waals surface area contributed by atoms with Gasteiger partial charge in [0.1, 0.15) is 0 Å². The van der Waals surface area contributed by atoms with Crippen LogP contribution in [0, 0.1) is 0 Å². The number of nitrogens with zero attached hydrogens (tertiary/aromatic N) is 1. The van der Waals surface area contributed by atoms with Crippen LogP contribution in [0.3, 0.4) is 0 Å². The number of hydrogen-bond acceptors (Lipinski definition) is 3. The summed E-state index contributed by atoms with van der Waals surface area (Å²) in [6.07, 6.45) is 2.93. The lowest BCUT2D eigenvalue weighted by Crippen LogP contribution is -2.54. The highest BCUT2D eigenvalue weighted by atomic mass is 16.1. The average Bonchev–Trinajstić information content (AvgIpc) is 2.31. The number of rotatable bonds is 10. The lowest BCUT2D eigenvalue weighted by atomic mass is 9.96. The molecule has 0 radical (unpaired) electrons. The molecule has 0 rings (SSSR count). The van der Waals surface area contributed by atoms with Crippen molar-refractivity contribution in [1.29, 1.82) is 0 Å². The van der Waals surface area contributed by atoms with E-state index in [1.807, 2.05) is 6.92 Å². The predicted molar refractivity (Wildman–Crippen MR) is 72.9 cm³/mol. The molecule has 17 heavy (non-hydrogen) atoms. The minimum Gasteiger partial charge on any atom is -0.368 e. The summed E-state index contributed by atoms with van der Waals surface area (Å²) in [5, 5.41) is 3.27. The first-order valence-electron chi connectivity index (χ1n) is 6.77. The zero-order valence-electron chi connectivity index (χ0n) is 11.9. The molecule has 0 aliphatic rings. The van der Waals surface area contributed by atoms with E-state index in [9.17, 15) is 4.79 Å². The van der Waals surface area contributed by atoms with E-state index in [1.165, 1.54) is 0 Å². The summed E-state index contributed by atoms with van der Waals surface area (Å²) in [7, 11) is 0. The second kappa shape index (κ2) is 8.48. The predicted octanol–water partition coefficient (Wildman–Crippen LogP) is 1.35. The third kappa shape index (κ3) is 6.03. The van der Waals surface area contributed by atoms with Gasteiger partial charge in [-0.1, -0.05) is 20.8 Å². The number of nitrogens with two attached hydrogens (primary N) is 1. The van der Waals surface area contributed by atoms with Crippen LogP contribution in [0.2, 0.25) is 0 Å².